The highest BCUT2D eigenvalue weighted by atomic mass is 19.1. The van der Waals surface area contributed by atoms with E-state index in [-0.39, 0.29) is 11.5 Å². The number of carbonyl (C=O) groups excluding carboxylic acids is 1. The van der Waals surface area contributed by atoms with Crippen LogP contribution < -0.4 is 5.73 Å². The Morgan fingerprint density at radius 1 is 1.24 bits per heavy atom. The maximum Gasteiger partial charge on any atom is 0.267 e. The Kier molecular flexibility index (Phi) is 3.56. The summed E-state index contributed by atoms with van der Waals surface area (Å²) in [4.78, 5) is 16.0. The number of hydrogen-bond donors (Lipinski definition) is 1. The van der Waals surface area contributed by atoms with Gasteiger partial charge < -0.3 is 10.3 Å². The molecule has 25 heavy (non-hydrogen) atoms. The Labute approximate surface area is 143 Å². The lowest BCUT2D eigenvalue weighted by atomic mass is 9.97. The van der Waals surface area contributed by atoms with E-state index in [0.717, 1.165) is 29.7 Å². The van der Waals surface area contributed by atoms with Crippen molar-refractivity contribution >= 4 is 5.91 Å². The van der Waals surface area contributed by atoms with Crippen molar-refractivity contribution in [2.24, 2.45) is 12.8 Å². The third kappa shape index (κ3) is 2.88. The van der Waals surface area contributed by atoms with E-state index in [1.807, 2.05) is 6.07 Å². The van der Waals surface area contributed by atoms with Crippen LogP contribution >= 0.6 is 0 Å². The number of nitrogens with two attached hydrogens (primary N) is 1. The molecule has 2 aromatic heterocycles. The van der Waals surface area contributed by atoms with Crippen LogP contribution in [0, 0.1) is 5.82 Å². The van der Waals surface area contributed by atoms with Gasteiger partial charge in [0.25, 0.3) is 5.91 Å². The smallest absolute Gasteiger partial charge is 0.267 e. The fourth-order valence-electron chi connectivity index (χ4n) is 2.90. The standard InChI is InChI=1S/C18H16FN5O/c1-24-9-21-23-18(24)14-8-12(19)4-5-13(14)11-6-15(10-2-3-10)22-16(7-11)17(20)25/h4-10H,2-3H2,1H3,(H2,20,25). The van der Waals surface area contributed by atoms with Crippen molar-refractivity contribution in [2.45, 2.75) is 18.8 Å². The number of aryl methyl sites for hydroxylation is 1. The molecule has 0 unspecified atom stereocenters. The first-order chi connectivity index (χ1) is 12.0. The molecule has 2 N–H and O–H groups in total. The van der Waals surface area contributed by atoms with Crippen LogP contribution in [0.25, 0.3) is 22.5 Å². The molecule has 126 valence electrons. The molecule has 1 fully saturated rings. The Bertz CT molecular complexity index is 977. The van der Waals surface area contributed by atoms with Crippen LogP contribution in [0.1, 0.15) is 34.9 Å². The Hall–Kier alpha value is -3.09. The number of nitrogens with zero attached hydrogens (tertiary/aromatic N) is 4. The molecule has 4 rings (SSSR count). The number of amides is 1. The van der Waals surface area contributed by atoms with Crippen LogP contribution in [-0.2, 0) is 7.05 Å². The third-order valence-corrected chi connectivity index (χ3v) is 4.34. The minimum absolute atomic E-state index is 0.215. The summed E-state index contributed by atoms with van der Waals surface area (Å²) in [6.45, 7) is 0. The topological polar surface area (TPSA) is 86.7 Å². The number of pyridine rings is 1. The number of aromatic nitrogens is 4. The molecule has 0 atom stereocenters. The van der Waals surface area contributed by atoms with Gasteiger partial charge in [0.05, 0.1) is 0 Å². The molecule has 1 saturated carbocycles. The first-order valence-electron chi connectivity index (χ1n) is 7.99. The van der Waals surface area contributed by atoms with Crippen molar-refractivity contribution in [3.63, 3.8) is 0 Å². The number of carbonyl (C=O) groups is 1. The molecule has 1 aliphatic rings. The summed E-state index contributed by atoms with van der Waals surface area (Å²) in [6.07, 6.45) is 3.66. The number of rotatable bonds is 4. The molecule has 1 aliphatic carbocycles. The van der Waals surface area contributed by atoms with Gasteiger partial charge in [-0.25, -0.2) is 9.37 Å². The van der Waals surface area contributed by atoms with Gasteiger partial charge in [-0.05, 0) is 48.2 Å². The minimum atomic E-state index is -0.578. The SMILES string of the molecule is Cn1cnnc1-c1cc(F)ccc1-c1cc(C(N)=O)nc(C2CC2)c1. The van der Waals surface area contributed by atoms with Gasteiger partial charge in [-0.1, -0.05) is 6.07 Å². The Morgan fingerprint density at radius 3 is 2.68 bits per heavy atom. The molecule has 0 saturated heterocycles. The van der Waals surface area contributed by atoms with Gasteiger partial charge in [-0.15, -0.1) is 10.2 Å². The monoisotopic (exact) mass is 337 g/mol. The Morgan fingerprint density at radius 2 is 2.04 bits per heavy atom. The van der Waals surface area contributed by atoms with Gasteiger partial charge in [-0.2, -0.15) is 0 Å². The zero-order chi connectivity index (χ0) is 17.6. The normalized spacial score (nSPS) is 13.8. The third-order valence-electron chi connectivity index (χ3n) is 4.34. The van der Waals surface area contributed by atoms with E-state index in [1.165, 1.54) is 12.1 Å². The van der Waals surface area contributed by atoms with Gasteiger partial charge in [-0.3, -0.25) is 4.79 Å². The van der Waals surface area contributed by atoms with Crippen LogP contribution in [0.5, 0.6) is 0 Å². The van der Waals surface area contributed by atoms with Crippen LogP contribution in [0.3, 0.4) is 0 Å². The zero-order valence-electron chi connectivity index (χ0n) is 13.6. The number of benzene rings is 1. The van der Waals surface area contributed by atoms with Crippen molar-refractivity contribution in [2.75, 3.05) is 0 Å². The summed E-state index contributed by atoms with van der Waals surface area (Å²) < 4.78 is 15.6. The highest BCUT2D eigenvalue weighted by molar-refractivity contribution is 5.93. The molecule has 1 amide bonds. The molecule has 6 nitrogen and oxygen atoms in total. The lowest BCUT2D eigenvalue weighted by Crippen LogP contribution is -2.14. The molecular formula is C18H16FN5O. The summed E-state index contributed by atoms with van der Waals surface area (Å²) in [6, 6.07) is 8.06. The van der Waals surface area contributed by atoms with Crippen molar-refractivity contribution < 1.29 is 9.18 Å². The maximum absolute atomic E-state index is 13.9. The molecule has 0 bridgehead atoms. The second kappa shape index (κ2) is 5.77. The highest BCUT2D eigenvalue weighted by Gasteiger charge is 2.27. The lowest BCUT2D eigenvalue weighted by Gasteiger charge is -2.12. The molecule has 0 radical (unpaired) electrons. The average Bonchev–Trinajstić information content (AvgIpc) is 3.36. The molecule has 2 heterocycles. The van der Waals surface area contributed by atoms with E-state index in [1.54, 1.807) is 30.1 Å². The minimum Gasteiger partial charge on any atom is -0.364 e. The first-order valence-corrected chi connectivity index (χ1v) is 7.99. The molecule has 7 heteroatoms. The van der Waals surface area contributed by atoms with E-state index in [9.17, 15) is 9.18 Å². The molecule has 3 aromatic rings. The van der Waals surface area contributed by atoms with E-state index in [2.05, 4.69) is 15.2 Å². The highest BCUT2D eigenvalue weighted by Crippen LogP contribution is 2.41. The number of halogens is 1. The Balaban J connectivity index is 1.93. The van der Waals surface area contributed by atoms with E-state index in [0.29, 0.717) is 17.3 Å². The van der Waals surface area contributed by atoms with E-state index >= 15 is 0 Å². The maximum atomic E-state index is 13.9. The van der Waals surface area contributed by atoms with Gasteiger partial charge in [0.15, 0.2) is 5.82 Å². The van der Waals surface area contributed by atoms with Gasteiger partial charge >= 0.3 is 0 Å². The van der Waals surface area contributed by atoms with Crippen LogP contribution in [0.4, 0.5) is 4.39 Å². The summed E-state index contributed by atoms with van der Waals surface area (Å²) in [5, 5.41) is 7.95. The zero-order valence-corrected chi connectivity index (χ0v) is 13.6. The molecular weight excluding hydrogens is 321 g/mol. The van der Waals surface area contributed by atoms with Crippen LogP contribution in [0.15, 0.2) is 36.7 Å². The molecule has 0 spiro atoms. The predicted molar refractivity (Wildman–Crippen MR) is 90.1 cm³/mol. The van der Waals surface area contributed by atoms with Crippen LogP contribution in [-0.4, -0.2) is 25.7 Å². The number of hydrogen-bond acceptors (Lipinski definition) is 4. The van der Waals surface area contributed by atoms with Crippen molar-refractivity contribution in [3.05, 3.63) is 53.9 Å². The lowest BCUT2D eigenvalue weighted by molar-refractivity contribution is 0.0995. The largest absolute Gasteiger partial charge is 0.364 e. The first kappa shape index (κ1) is 15.4. The van der Waals surface area contributed by atoms with E-state index in [4.69, 9.17) is 5.73 Å². The predicted octanol–water partition coefficient (Wildman–Crippen LogP) is 2.66. The second-order valence-corrected chi connectivity index (χ2v) is 6.26. The molecule has 1 aromatic carbocycles. The summed E-state index contributed by atoms with van der Waals surface area (Å²) in [7, 11) is 1.79. The van der Waals surface area contributed by atoms with Gasteiger partial charge in [0, 0.05) is 24.2 Å². The van der Waals surface area contributed by atoms with Crippen molar-refractivity contribution in [3.8, 4) is 22.5 Å². The van der Waals surface area contributed by atoms with E-state index < -0.39 is 5.91 Å². The summed E-state index contributed by atoms with van der Waals surface area (Å²) in [5.74, 6) is -0.0453. The number of primary amides is 1. The summed E-state index contributed by atoms with van der Waals surface area (Å²) >= 11 is 0. The average molecular weight is 337 g/mol. The molecule has 0 aliphatic heterocycles. The quantitative estimate of drug-likeness (QED) is 0.793. The van der Waals surface area contributed by atoms with Crippen LogP contribution in [0.2, 0.25) is 0 Å². The fourth-order valence-corrected chi connectivity index (χ4v) is 2.90. The van der Waals surface area contributed by atoms with Crippen molar-refractivity contribution in [1.82, 2.24) is 19.7 Å². The fraction of sp³-hybridized carbons (Fsp3) is 0.222. The van der Waals surface area contributed by atoms with Gasteiger partial charge in [0.2, 0.25) is 0 Å². The van der Waals surface area contributed by atoms with Crippen molar-refractivity contribution in [1.29, 1.82) is 0 Å². The second-order valence-electron chi connectivity index (χ2n) is 6.26. The van der Waals surface area contributed by atoms with Gasteiger partial charge in [0.1, 0.15) is 17.8 Å². The summed E-state index contributed by atoms with van der Waals surface area (Å²) in [5.41, 5.74) is 8.63.